The van der Waals surface area contributed by atoms with E-state index in [4.69, 9.17) is 11.6 Å². The Hall–Kier alpha value is -1.89. The number of rotatable bonds is 5. The van der Waals surface area contributed by atoms with Crippen LogP contribution in [0.1, 0.15) is 17.3 Å². The molecule has 0 saturated carbocycles. The Bertz CT molecular complexity index is 879. The maximum atomic E-state index is 14.0. The molecular weight excluding hydrogens is 379 g/mol. The smallest absolute Gasteiger partial charge is 0.260 e. The van der Waals surface area contributed by atoms with Gasteiger partial charge in [0.1, 0.15) is 16.5 Å². The minimum atomic E-state index is -0.654. The molecule has 0 bridgehead atoms. The topological polar surface area (TPSA) is 42.0 Å². The second-order valence-electron chi connectivity index (χ2n) is 5.01. The highest BCUT2D eigenvalue weighted by molar-refractivity contribution is 8.01. The molecular formula is C18H14ClFN2OS2. The quantitative estimate of drug-likeness (QED) is 0.544. The summed E-state index contributed by atoms with van der Waals surface area (Å²) >= 11 is 8.94. The van der Waals surface area contributed by atoms with Crippen LogP contribution in [0.3, 0.4) is 0 Å². The largest absolute Gasteiger partial charge is 0.312 e. The van der Waals surface area contributed by atoms with Crippen LogP contribution in [-0.2, 0) is 0 Å². The molecule has 1 amide bonds. The van der Waals surface area contributed by atoms with E-state index in [1.165, 1.54) is 29.5 Å². The molecule has 1 N–H and O–H groups in total. The van der Waals surface area contributed by atoms with Crippen LogP contribution in [-0.4, -0.2) is 16.6 Å². The third-order valence-electron chi connectivity index (χ3n) is 3.34. The SMILES string of the molecule is CCSc1nc(-c2ccccc2)c(NC(=O)c2c(F)cccc2Cl)s1. The van der Waals surface area contributed by atoms with Crippen molar-refractivity contribution in [3.63, 3.8) is 0 Å². The number of thiazole rings is 1. The molecule has 0 spiro atoms. The van der Waals surface area contributed by atoms with Gasteiger partial charge in [-0.1, -0.05) is 78.0 Å². The summed E-state index contributed by atoms with van der Waals surface area (Å²) in [5.74, 6) is -0.371. The average Bonchev–Trinajstić information content (AvgIpc) is 2.98. The summed E-state index contributed by atoms with van der Waals surface area (Å²) in [7, 11) is 0. The number of aromatic nitrogens is 1. The van der Waals surface area contributed by atoms with Crippen LogP contribution in [0.2, 0.25) is 5.02 Å². The molecule has 0 atom stereocenters. The Morgan fingerprint density at radius 1 is 1.24 bits per heavy atom. The van der Waals surface area contributed by atoms with E-state index in [0.29, 0.717) is 10.7 Å². The lowest BCUT2D eigenvalue weighted by Gasteiger charge is -2.07. The molecule has 1 aromatic heterocycles. The highest BCUT2D eigenvalue weighted by atomic mass is 35.5. The van der Waals surface area contributed by atoms with Crippen LogP contribution in [0.4, 0.5) is 9.39 Å². The second kappa shape index (κ2) is 7.99. The number of carbonyl (C=O) groups is 1. The van der Waals surface area contributed by atoms with Crippen molar-refractivity contribution in [3.05, 3.63) is 64.9 Å². The minimum absolute atomic E-state index is 0.0754. The summed E-state index contributed by atoms with van der Waals surface area (Å²) in [6.45, 7) is 2.03. The molecule has 0 saturated heterocycles. The van der Waals surface area contributed by atoms with Crippen LogP contribution in [0.25, 0.3) is 11.3 Å². The Balaban J connectivity index is 1.98. The Kier molecular flexibility index (Phi) is 5.73. The molecule has 25 heavy (non-hydrogen) atoms. The third-order valence-corrected chi connectivity index (χ3v) is 5.65. The predicted molar refractivity (Wildman–Crippen MR) is 103 cm³/mol. The lowest BCUT2D eigenvalue weighted by atomic mass is 10.1. The number of benzene rings is 2. The van der Waals surface area contributed by atoms with Gasteiger partial charge in [-0.2, -0.15) is 0 Å². The predicted octanol–water partition coefficient (Wildman–Crippen LogP) is 5.97. The third kappa shape index (κ3) is 4.03. The van der Waals surface area contributed by atoms with Gasteiger partial charge in [0.25, 0.3) is 5.91 Å². The fourth-order valence-electron chi connectivity index (χ4n) is 2.24. The average molecular weight is 393 g/mol. The van der Waals surface area contributed by atoms with Crippen LogP contribution in [0, 0.1) is 5.82 Å². The number of anilines is 1. The first-order valence-corrected chi connectivity index (χ1v) is 9.72. The van der Waals surface area contributed by atoms with Gasteiger partial charge in [0.15, 0.2) is 4.34 Å². The van der Waals surface area contributed by atoms with Crippen molar-refractivity contribution in [3.8, 4) is 11.3 Å². The van der Waals surface area contributed by atoms with E-state index < -0.39 is 11.7 Å². The maximum Gasteiger partial charge on any atom is 0.260 e. The number of halogens is 2. The van der Waals surface area contributed by atoms with Crippen LogP contribution in [0.5, 0.6) is 0 Å². The molecule has 0 fully saturated rings. The minimum Gasteiger partial charge on any atom is -0.312 e. The first-order chi connectivity index (χ1) is 12.1. The zero-order chi connectivity index (χ0) is 17.8. The Labute approximate surface area is 158 Å². The molecule has 3 aromatic rings. The van der Waals surface area contributed by atoms with Gasteiger partial charge >= 0.3 is 0 Å². The summed E-state index contributed by atoms with van der Waals surface area (Å²) in [5, 5.41) is 3.42. The van der Waals surface area contributed by atoms with E-state index in [1.807, 2.05) is 37.3 Å². The fraction of sp³-hybridized carbons (Fsp3) is 0.111. The van der Waals surface area contributed by atoms with Crippen molar-refractivity contribution in [1.82, 2.24) is 4.98 Å². The molecule has 1 heterocycles. The van der Waals surface area contributed by atoms with Gasteiger partial charge in [0.2, 0.25) is 0 Å². The number of amides is 1. The van der Waals surface area contributed by atoms with Crippen LogP contribution < -0.4 is 5.32 Å². The van der Waals surface area contributed by atoms with Crippen molar-refractivity contribution < 1.29 is 9.18 Å². The summed E-state index contributed by atoms with van der Waals surface area (Å²) in [5.41, 5.74) is 1.39. The van der Waals surface area contributed by atoms with Crippen molar-refractivity contribution in [2.24, 2.45) is 0 Å². The summed E-state index contributed by atoms with van der Waals surface area (Å²) < 4.78 is 14.8. The molecule has 7 heteroatoms. The Morgan fingerprint density at radius 2 is 2.00 bits per heavy atom. The van der Waals surface area contributed by atoms with E-state index in [9.17, 15) is 9.18 Å². The molecule has 3 nitrogen and oxygen atoms in total. The van der Waals surface area contributed by atoms with Crippen LogP contribution in [0.15, 0.2) is 52.9 Å². The highest BCUT2D eigenvalue weighted by Gasteiger charge is 2.20. The molecule has 0 unspecified atom stereocenters. The van der Waals surface area contributed by atoms with E-state index in [0.717, 1.165) is 15.7 Å². The first-order valence-electron chi connectivity index (χ1n) is 7.54. The molecule has 3 rings (SSSR count). The van der Waals surface area contributed by atoms with Gasteiger partial charge in [-0.25, -0.2) is 9.37 Å². The molecule has 0 aliphatic rings. The van der Waals surface area contributed by atoms with Crippen molar-refractivity contribution in [2.75, 3.05) is 11.1 Å². The zero-order valence-corrected chi connectivity index (χ0v) is 15.6. The molecule has 0 radical (unpaired) electrons. The maximum absolute atomic E-state index is 14.0. The fourth-order valence-corrected chi connectivity index (χ4v) is 4.45. The summed E-state index contributed by atoms with van der Waals surface area (Å²) in [6, 6.07) is 13.7. The van der Waals surface area contributed by atoms with Gasteiger partial charge in [-0.05, 0) is 17.9 Å². The van der Waals surface area contributed by atoms with E-state index >= 15 is 0 Å². The first kappa shape index (κ1) is 17.9. The molecule has 0 aliphatic carbocycles. The lowest BCUT2D eigenvalue weighted by molar-refractivity contribution is 0.102. The molecule has 128 valence electrons. The molecule has 0 aliphatic heterocycles. The van der Waals surface area contributed by atoms with Crippen LogP contribution >= 0.6 is 34.7 Å². The number of thioether (sulfide) groups is 1. The monoisotopic (exact) mass is 392 g/mol. The van der Waals surface area contributed by atoms with Crippen molar-refractivity contribution >= 4 is 45.6 Å². The zero-order valence-electron chi connectivity index (χ0n) is 13.3. The Morgan fingerprint density at radius 3 is 2.68 bits per heavy atom. The normalized spacial score (nSPS) is 10.7. The summed E-state index contributed by atoms with van der Waals surface area (Å²) in [4.78, 5) is 17.1. The molecule has 2 aromatic carbocycles. The number of hydrogen-bond donors (Lipinski definition) is 1. The van der Waals surface area contributed by atoms with Crippen molar-refractivity contribution in [2.45, 2.75) is 11.3 Å². The number of nitrogens with zero attached hydrogens (tertiary/aromatic N) is 1. The summed E-state index contributed by atoms with van der Waals surface area (Å²) in [6.07, 6.45) is 0. The van der Waals surface area contributed by atoms with E-state index in [1.54, 1.807) is 11.8 Å². The number of carbonyl (C=O) groups excluding carboxylic acids is 1. The van der Waals surface area contributed by atoms with Gasteiger partial charge in [0.05, 0.1) is 10.6 Å². The van der Waals surface area contributed by atoms with Crippen molar-refractivity contribution in [1.29, 1.82) is 0 Å². The van der Waals surface area contributed by atoms with Gasteiger partial charge in [-0.3, -0.25) is 4.79 Å². The standard InChI is InChI=1S/C18H14ClFN2OS2/c1-2-24-18-21-15(11-7-4-3-5-8-11)17(25-18)22-16(23)14-12(19)9-6-10-13(14)20/h3-10H,2H2,1H3,(H,22,23). The number of nitrogens with one attached hydrogen (secondary N) is 1. The highest BCUT2D eigenvalue weighted by Crippen LogP contribution is 2.38. The second-order valence-corrected chi connectivity index (χ2v) is 7.92. The lowest BCUT2D eigenvalue weighted by Crippen LogP contribution is -2.14. The van der Waals surface area contributed by atoms with E-state index in [-0.39, 0.29) is 10.6 Å². The van der Waals surface area contributed by atoms with Gasteiger partial charge < -0.3 is 5.32 Å². The van der Waals surface area contributed by atoms with Gasteiger partial charge in [-0.15, -0.1) is 0 Å². The number of hydrogen-bond acceptors (Lipinski definition) is 4. The van der Waals surface area contributed by atoms with E-state index in [2.05, 4.69) is 10.3 Å². The van der Waals surface area contributed by atoms with Gasteiger partial charge in [0, 0.05) is 5.56 Å².